The summed E-state index contributed by atoms with van der Waals surface area (Å²) in [5, 5.41) is 2.13. The van der Waals surface area contributed by atoms with Crippen molar-refractivity contribution in [3.05, 3.63) is 36.9 Å². The van der Waals surface area contributed by atoms with Gasteiger partial charge in [0.1, 0.15) is 18.3 Å². The van der Waals surface area contributed by atoms with Crippen molar-refractivity contribution in [1.82, 2.24) is 29.4 Å². The number of nitrogens with two attached hydrogens (primary N) is 1. The third-order valence-corrected chi connectivity index (χ3v) is 4.31. The number of fused-ring (bicyclic) bond motifs is 1. The summed E-state index contributed by atoms with van der Waals surface area (Å²) in [7, 11) is 2.12. The molecule has 4 rings (SSSR count). The van der Waals surface area contributed by atoms with E-state index in [1.165, 1.54) is 6.33 Å². The highest BCUT2D eigenvalue weighted by Crippen LogP contribution is 2.25. The molecule has 1 saturated heterocycles. The van der Waals surface area contributed by atoms with E-state index < -0.39 is 0 Å². The van der Waals surface area contributed by atoms with Crippen LogP contribution in [0.1, 0.15) is 0 Å². The van der Waals surface area contributed by atoms with Gasteiger partial charge in [-0.1, -0.05) is 12.1 Å². The second-order valence-electron chi connectivity index (χ2n) is 5.96. The third-order valence-electron chi connectivity index (χ3n) is 4.31. The van der Waals surface area contributed by atoms with Crippen LogP contribution in [0.5, 0.6) is 0 Å². The van der Waals surface area contributed by atoms with Crippen molar-refractivity contribution in [2.45, 2.75) is 0 Å². The van der Waals surface area contributed by atoms with Gasteiger partial charge >= 0.3 is 0 Å². The van der Waals surface area contributed by atoms with Crippen molar-refractivity contribution in [3.63, 3.8) is 0 Å². The average molecular weight is 324 g/mol. The summed E-state index contributed by atoms with van der Waals surface area (Å²) in [6, 6.07) is 7.90. The van der Waals surface area contributed by atoms with Crippen LogP contribution in [0.25, 0.3) is 16.9 Å². The highest BCUT2D eigenvalue weighted by molar-refractivity contribution is 5.80. The molecule has 0 radical (unpaired) electrons. The number of hydrazine groups is 1. The van der Waals surface area contributed by atoms with Crippen LogP contribution in [0.3, 0.4) is 0 Å². The maximum absolute atomic E-state index is 6.34. The van der Waals surface area contributed by atoms with Gasteiger partial charge in [0, 0.05) is 26.2 Å². The largest absolute Gasteiger partial charge is 0.393 e. The molecule has 3 heterocycles. The second-order valence-corrected chi connectivity index (χ2v) is 5.96. The third kappa shape index (κ3) is 2.66. The van der Waals surface area contributed by atoms with Crippen LogP contribution in [-0.2, 0) is 0 Å². The Hall–Kier alpha value is -2.71. The van der Waals surface area contributed by atoms with E-state index in [9.17, 15) is 0 Å². The number of nitrogens with one attached hydrogen (secondary N) is 1. The lowest BCUT2D eigenvalue weighted by Gasteiger charge is -2.32. The zero-order valence-electron chi connectivity index (χ0n) is 13.6. The van der Waals surface area contributed by atoms with E-state index in [0.29, 0.717) is 17.3 Å². The van der Waals surface area contributed by atoms with Crippen molar-refractivity contribution in [3.8, 4) is 5.82 Å². The summed E-state index contributed by atoms with van der Waals surface area (Å²) in [6.07, 6.45) is 3.27. The van der Waals surface area contributed by atoms with Crippen LogP contribution in [0.2, 0.25) is 0 Å². The first kappa shape index (κ1) is 14.9. The molecule has 0 bridgehead atoms. The molecule has 1 aliphatic heterocycles. The number of imidazole rings is 1. The Bertz CT molecular complexity index is 850. The number of nitrogens with zero attached hydrogens (tertiary/aromatic N) is 6. The Morgan fingerprint density at radius 2 is 1.83 bits per heavy atom. The van der Waals surface area contributed by atoms with Gasteiger partial charge in [0.05, 0.1) is 11.0 Å². The minimum Gasteiger partial charge on any atom is -0.393 e. The molecular formula is C16H20N8. The standard InChI is InChI=1S/C16H20N8/c1-22-6-8-23(9-7-22)21-15-14(17)16(19-10-18-15)24-11-20-12-4-2-3-5-13(12)24/h2-5,10-11H,6-9,17H2,1H3,(H,18,19,21). The lowest BCUT2D eigenvalue weighted by atomic mass is 10.3. The SMILES string of the molecule is CN1CCN(Nc2ncnc(-n3cnc4ccccc43)c2N)CC1. The zero-order valence-corrected chi connectivity index (χ0v) is 13.6. The number of benzene rings is 1. The molecule has 1 aromatic carbocycles. The molecule has 0 aliphatic carbocycles. The minimum atomic E-state index is 0.514. The fourth-order valence-electron chi connectivity index (χ4n) is 2.86. The first-order valence-corrected chi connectivity index (χ1v) is 7.95. The van der Waals surface area contributed by atoms with Crippen LogP contribution in [0.15, 0.2) is 36.9 Å². The van der Waals surface area contributed by atoms with Gasteiger partial charge < -0.3 is 16.1 Å². The number of likely N-dealkylation sites (N-methyl/N-ethyl adjacent to an activating group) is 1. The maximum Gasteiger partial charge on any atom is 0.169 e. The molecule has 24 heavy (non-hydrogen) atoms. The van der Waals surface area contributed by atoms with E-state index in [4.69, 9.17) is 5.73 Å². The van der Waals surface area contributed by atoms with Gasteiger partial charge in [0.25, 0.3) is 0 Å². The summed E-state index contributed by atoms with van der Waals surface area (Å²) in [4.78, 5) is 15.4. The van der Waals surface area contributed by atoms with Crippen molar-refractivity contribution in [1.29, 1.82) is 0 Å². The predicted molar refractivity (Wildman–Crippen MR) is 93.8 cm³/mol. The molecule has 0 unspecified atom stereocenters. The maximum atomic E-state index is 6.34. The molecular weight excluding hydrogens is 304 g/mol. The lowest BCUT2D eigenvalue weighted by molar-refractivity contribution is 0.178. The summed E-state index contributed by atoms with van der Waals surface area (Å²) >= 11 is 0. The number of anilines is 2. The fraction of sp³-hybridized carbons (Fsp3) is 0.312. The Kier molecular flexibility index (Phi) is 3.75. The summed E-state index contributed by atoms with van der Waals surface area (Å²) in [5.41, 5.74) is 12.0. The van der Waals surface area contributed by atoms with Crippen molar-refractivity contribution >= 4 is 22.5 Å². The Labute approximate surface area is 139 Å². The van der Waals surface area contributed by atoms with E-state index in [1.54, 1.807) is 6.33 Å². The lowest BCUT2D eigenvalue weighted by Crippen LogP contribution is -2.47. The predicted octanol–water partition coefficient (Wildman–Crippen LogP) is 0.972. The van der Waals surface area contributed by atoms with Gasteiger partial charge in [0.15, 0.2) is 11.6 Å². The van der Waals surface area contributed by atoms with Crippen LogP contribution < -0.4 is 11.2 Å². The average Bonchev–Trinajstić information content (AvgIpc) is 3.03. The normalized spacial score (nSPS) is 16.5. The molecule has 1 fully saturated rings. The molecule has 0 atom stereocenters. The fourth-order valence-corrected chi connectivity index (χ4v) is 2.86. The molecule has 0 spiro atoms. The van der Waals surface area contributed by atoms with Crippen LogP contribution in [0, 0.1) is 0 Å². The summed E-state index contributed by atoms with van der Waals surface area (Å²) in [5.74, 6) is 1.26. The molecule has 0 saturated carbocycles. The first-order chi connectivity index (χ1) is 11.7. The molecule has 0 amide bonds. The van der Waals surface area contributed by atoms with E-state index >= 15 is 0 Å². The van der Waals surface area contributed by atoms with Gasteiger partial charge in [-0.3, -0.25) is 4.57 Å². The Morgan fingerprint density at radius 1 is 1.04 bits per heavy atom. The monoisotopic (exact) mass is 324 g/mol. The molecule has 3 N–H and O–H groups in total. The van der Waals surface area contributed by atoms with E-state index in [0.717, 1.165) is 37.2 Å². The minimum absolute atomic E-state index is 0.514. The van der Waals surface area contributed by atoms with Crippen molar-refractivity contribution in [2.24, 2.45) is 0 Å². The van der Waals surface area contributed by atoms with Gasteiger partial charge in [0.2, 0.25) is 0 Å². The topological polar surface area (TPSA) is 88.1 Å². The molecule has 8 nitrogen and oxygen atoms in total. The van der Waals surface area contributed by atoms with Crippen molar-refractivity contribution < 1.29 is 0 Å². The highest BCUT2D eigenvalue weighted by Gasteiger charge is 2.17. The first-order valence-electron chi connectivity index (χ1n) is 7.95. The summed E-state index contributed by atoms with van der Waals surface area (Å²) in [6.45, 7) is 3.86. The van der Waals surface area contributed by atoms with E-state index in [2.05, 4.69) is 37.3 Å². The molecule has 124 valence electrons. The zero-order chi connectivity index (χ0) is 16.5. The van der Waals surface area contributed by atoms with Gasteiger partial charge in [-0.25, -0.2) is 20.0 Å². The molecule has 3 aromatic rings. The Balaban J connectivity index is 1.66. The number of para-hydroxylation sites is 2. The van der Waals surface area contributed by atoms with Crippen LogP contribution in [0.4, 0.5) is 11.5 Å². The van der Waals surface area contributed by atoms with Gasteiger partial charge in [-0.05, 0) is 19.2 Å². The smallest absolute Gasteiger partial charge is 0.169 e. The van der Waals surface area contributed by atoms with Crippen LogP contribution in [-0.4, -0.2) is 62.7 Å². The number of aromatic nitrogens is 4. The number of nitrogen functional groups attached to an aromatic ring is 1. The number of piperazine rings is 1. The Morgan fingerprint density at radius 3 is 2.67 bits per heavy atom. The van der Waals surface area contributed by atoms with Crippen molar-refractivity contribution in [2.75, 3.05) is 44.4 Å². The van der Waals surface area contributed by atoms with Gasteiger partial charge in [-0.15, -0.1) is 0 Å². The molecule has 8 heteroatoms. The van der Waals surface area contributed by atoms with E-state index in [1.807, 2.05) is 28.8 Å². The molecule has 1 aliphatic rings. The molecule has 2 aromatic heterocycles. The van der Waals surface area contributed by atoms with E-state index in [-0.39, 0.29) is 0 Å². The number of hydrogen-bond acceptors (Lipinski definition) is 7. The van der Waals surface area contributed by atoms with Crippen LogP contribution >= 0.6 is 0 Å². The summed E-state index contributed by atoms with van der Waals surface area (Å²) < 4.78 is 1.89. The quantitative estimate of drug-likeness (QED) is 0.742. The number of hydrogen-bond donors (Lipinski definition) is 2. The second kappa shape index (κ2) is 6.06. The number of rotatable bonds is 3. The van der Waals surface area contributed by atoms with Gasteiger partial charge in [-0.2, -0.15) is 0 Å². The highest BCUT2D eigenvalue weighted by atomic mass is 15.5.